The zero-order valence-corrected chi connectivity index (χ0v) is 29.3. The second-order valence-electron chi connectivity index (χ2n) is 12.7. The van der Waals surface area contributed by atoms with Crippen molar-refractivity contribution in [1.29, 1.82) is 0 Å². The highest BCUT2D eigenvalue weighted by Gasteiger charge is 2.25. The molecule has 0 aromatic heterocycles. The fraction of sp³-hybridized carbons (Fsp3) is 0.771. The summed E-state index contributed by atoms with van der Waals surface area (Å²) in [5.74, 6) is -6.84. The Labute approximate surface area is 294 Å². The Morgan fingerprint density at radius 3 is 0.980 bits per heavy atom. The van der Waals surface area contributed by atoms with Crippen LogP contribution in [0.3, 0.4) is 0 Å². The highest BCUT2D eigenvalue weighted by molar-refractivity contribution is 5.87. The standard InChI is InChI=1S/C35H59N3O12/c39-25-17-18-26(33(45)46)36-30(41)23-22-28(35(49)50)38-31(42)24-21-27(34(47)48)37-29(40)19-15-13-11-9-7-5-3-1-2-4-6-8-10-12-14-16-20-32(43)44/h25-28H,1-24H2,(H,36,41)(H,37,40)(H,38,42)(H,43,44)(H,45,46)(H,47,48)(H,49,50)/t26-,27-,28-/m0/s1. The van der Waals surface area contributed by atoms with E-state index in [1.54, 1.807) is 0 Å². The summed E-state index contributed by atoms with van der Waals surface area (Å²) < 4.78 is 0. The zero-order valence-electron chi connectivity index (χ0n) is 29.3. The van der Waals surface area contributed by atoms with Crippen LogP contribution in [0.4, 0.5) is 0 Å². The fourth-order valence-electron chi connectivity index (χ4n) is 5.39. The lowest BCUT2D eigenvalue weighted by atomic mass is 10.0. The van der Waals surface area contributed by atoms with Crippen LogP contribution in [0.15, 0.2) is 0 Å². The Morgan fingerprint density at radius 1 is 0.400 bits per heavy atom. The number of carbonyl (C=O) groups is 8. The molecule has 15 heteroatoms. The van der Waals surface area contributed by atoms with Crippen molar-refractivity contribution in [2.24, 2.45) is 0 Å². The Kier molecular flexibility index (Phi) is 27.4. The van der Waals surface area contributed by atoms with Gasteiger partial charge in [-0.25, -0.2) is 14.4 Å². The minimum absolute atomic E-state index is 0.0888. The first-order chi connectivity index (χ1) is 23.9. The van der Waals surface area contributed by atoms with Crippen molar-refractivity contribution in [2.75, 3.05) is 0 Å². The third-order valence-corrected chi connectivity index (χ3v) is 8.34. The van der Waals surface area contributed by atoms with Gasteiger partial charge in [0, 0.05) is 32.1 Å². The van der Waals surface area contributed by atoms with Crippen molar-refractivity contribution in [1.82, 2.24) is 16.0 Å². The van der Waals surface area contributed by atoms with E-state index in [1.165, 1.54) is 51.4 Å². The van der Waals surface area contributed by atoms with Gasteiger partial charge in [0.05, 0.1) is 0 Å². The minimum atomic E-state index is -1.49. The van der Waals surface area contributed by atoms with Crippen molar-refractivity contribution in [2.45, 2.75) is 172 Å². The predicted molar refractivity (Wildman–Crippen MR) is 183 cm³/mol. The smallest absolute Gasteiger partial charge is 0.326 e. The van der Waals surface area contributed by atoms with Gasteiger partial charge in [-0.2, -0.15) is 0 Å². The van der Waals surface area contributed by atoms with Crippen LogP contribution in [-0.2, 0) is 38.4 Å². The Balaban J connectivity index is 4.10. The molecule has 0 unspecified atom stereocenters. The first-order valence-corrected chi connectivity index (χ1v) is 18.1. The number of unbranched alkanes of at least 4 members (excludes halogenated alkanes) is 15. The molecule has 0 aliphatic heterocycles. The number of carbonyl (C=O) groups excluding carboxylic acids is 4. The average molecular weight is 714 g/mol. The molecule has 0 aliphatic carbocycles. The molecule has 0 aromatic carbocycles. The molecule has 0 saturated heterocycles. The second-order valence-corrected chi connectivity index (χ2v) is 12.7. The molecule has 50 heavy (non-hydrogen) atoms. The van der Waals surface area contributed by atoms with Gasteiger partial charge in [-0.15, -0.1) is 0 Å². The molecule has 7 N–H and O–H groups in total. The van der Waals surface area contributed by atoms with Crippen LogP contribution >= 0.6 is 0 Å². The van der Waals surface area contributed by atoms with Gasteiger partial charge in [0.1, 0.15) is 24.4 Å². The SMILES string of the molecule is O=CCC[C@H](NC(=O)CC[C@H](NC(=O)CC[C@H](NC(=O)CCCCCCCCCCCCCCCCCCC(=O)O)C(=O)O)C(=O)O)C(=O)O. The van der Waals surface area contributed by atoms with Gasteiger partial charge < -0.3 is 41.2 Å². The van der Waals surface area contributed by atoms with Crippen molar-refractivity contribution in [3.63, 3.8) is 0 Å². The molecule has 15 nitrogen and oxygen atoms in total. The molecule has 0 spiro atoms. The molecule has 0 aliphatic rings. The summed E-state index contributed by atoms with van der Waals surface area (Å²) in [4.78, 5) is 92.1. The van der Waals surface area contributed by atoms with Gasteiger partial charge in [0.25, 0.3) is 0 Å². The Bertz CT molecular complexity index is 1050. The van der Waals surface area contributed by atoms with Crippen molar-refractivity contribution in [3.05, 3.63) is 0 Å². The van der Waals surface area contributed by atoms with Crippen LogP contribution in [0, 0.1) is 0 Å². The summed E-state index contributed by atoms with van der Waals surface area (Å²) in [5, 5.41) is 43.5. The molecule has 3 atom stereocenters. The van der Waals surface area contributed by atoms with E-state index in [-0.39, 0.29) is 38.5 Å². The molecule has 0 rings (SSSR count). The van der Waals surface area contributed by atoms with E-state index in [0.717, 1.165) is 44.9 Å². The van der Waals surface area contributed by atoms with Crippen LogP contribution in [0.25, 0.3) is 0 Å². The van der Waals surface area contributed by atoms with Crippen molar-refractivity contribution >= 4 is 47.9 Å². The number of aldehydes is 1. The van der Waals surface area contributed by atoms with E-state index in [2.05, 4.69) is 16.0 Å². The van der Waals surface area contributed by atoms with Gasteiger partial charge in [0.2, 0.25) is 17.7 Å². The van der Waals surface area contributed by atoms with E-state index < -0.39 is 72.6 Å². The topological polar surface area (TPSA) is 254 Å². The molecule has 0 bridgehead atoms. The van der Waals surface area contributed by atoms with Crippen molar-refractivity contribution in [3.8, 4) is 0 Å². The molecule has 0 aromatic rings. The molecule has 3 amide bonds. The second kappa shape index (κ2) is 29.8. The summed E-state index contributed by atoms with van der Waals surface area (Å²) in [5.41, 5.74) is 0. The van der Waals surface area contributed by atoms with Gasteiger partial charge in [-0.3, -0.25) is 19.2 Å². The third kappa shape index (κ3) is 26.9. The van der Waals surface area contributed by atoms with E-state index in [4.69, 9.17) is 10.2 Å². The number of hydrogen-bond donors (Lipinski definition) is 7. The van der Waals surface area contributed by atoms with Crippen molar-refractivity contribution < 1.29 is 58.8 Å². The zero-order chi connectivity index (χ0) is 37.6. The molecule has 0 radical (unpaired) electrons. The lowest BCUT2D eigenvalue weighted by Gasteiger charge is -2.18. The Morgan fingerprint density at radius 2 is 0.680 bits per heavy atom. The summed E-state index contributed by atoms with van der Waals surface area (Å²) in [6.45, 7) is 0. The maximum atomic E-state index is 12.4. The summed E-state index contributed by atoms with van der Waals surface area (Å²) >= 11 is 0. The Hall–Kier alpha value is -4.04. The van der Waals surface area contributed by atoms with Crippen LogP contribution < -0.4 is 16.0 Å². The predicted octanol–water partition coefficient (Wildman–Crippen LogP) is 4.34. The maximum absolute atomic E-state index is 12.4. The van der Waals surface area contributed by atoms with E-state index in [1.807, 2.05) is 0 Å². The normalized spacial score (nSPS) is 12.6. The number of nitrogens with one attached hydrogen (secondary N) is 3. The van der Waals surface area contributed by atoms with Crippen LogP contribution in [0.1, 0.15) is 154 Å². The number of aliphatic carboxylic acids is 4. The lowest BCUT2D eigenvalue weighted by molar-refractivity contribution is -0.144. The number of amides is 3. The molecule has 0 saturated carbocycles. The monoisotopic (exact) mass is 713 g/mol. The van der Waals surface area contributed by atoms with Gasteiger partial charge in [-0.05, 0) is 32.1 Å². The molecular formula is C35H59N3O12. The maximum Gasteiger partial charge on any atom is 0.326 e. The first-order valence-electron chi connectivity index (χ1n) is 18.1. The van der Waals surface area contributed by atoms with Crippen LogP contribution in [0.5, 0.6) is 0 Å². The average Bonchev–Trinajstić information content (AvgIpc) is 3.05. The number of rotatable bonds is 34. The molecule has 286 valence electrons. The van der Waals surface area contributed by atoms with Crippen LogP contribution in [0.2, 0.25) is 0 Å². The quantitative estimate of drug-likeness (QED) is 0.0363. The molecule has 0 heterocycles. The largest absolute Gasteiger partial charge is 0.481 e. The summed E-state index contributed by atoms with van der Waals surface area (Å²) in [6, 6.07) is -4.14. The van der Waals surface area contributed by atoms with E-state index in [9.17, 15) is 48.6 Å². The molecule has 0 fully saturated rings. The third-order valence-electron chi connectivity index (χ3n) is 8.34. The molecular weight excluding hydrogens is 654 g/mol. The highest BCUT2D eigenvalue weighted by Crippen LogP contribution is 2.14. The van der Waals surface area contributed by atoms with Gasteiger partial charge in [0.15, 0.2) is 0 Å². The van der Waals surface area contributed by atoms with Crippen LogP contribution in [-0.4, -0.2) is 86.4 Å². The lowest BCUT2D eigenvalue weighted by Crippen LogP contribution is -2.45. The number of hydrogen-bond acceptors (Lipinski definition) is 8. The van der Waals surface area contributed by atoms with E-state index >= 15 is 0 Å². The first kappa shape index (κ1) is 46.0. The summed E-state index contributed by atoms with van der Waals surface area (Å²) in [7, 11) is 0. The summed E-state index contributed by atoms with van der Waals surface area (Å²) in [6.07, 6.45) is 16.5. The number of carboxylic acids is 4. The van der Waals surface area contributed by atoms with Gasteiger partial charge in [-0.1, -0.05) is 89.9 Å². The number of carboxylic acid groups (broad SMARTS) is 4. The fourth-order valence-corrected chi connectivity index (χ4v) is 5.39. The highest BCUT2D eigenvalue weighted by atomic mass is 16.4. The minimum Gasteiger partial charge on any atom is -0.481 e. The van der Waals surface area contributed by atoms with E-state index in [0.29, 0.717) is 12.7 Å². The van der Waals surface area contributed by atoms with Gasteiger partial charge >= 0.3 is 23.9 Å².